The smallest absolute Gasteiger partial charge is 0.253 e. The van der Waals surface area contributed by atoms with E-state index < -0.39 is 11.7 Å². The van der Waals surface area contributed by atoms with E-state index in [9.17, 15) is 13.2 Å². The van der Waals surface area contributed by atoms with Crippen LogP contribution in [0.25, 0.3) is 22.4 Å². The van der Waals surface area contributed by atoms with Gasteiger partial charge >= 0.3 is 6.18 Å². The van der Waals surface area contributed by atoms with Crippen LogP contribution in [0.4, 0.5) is 18.3 Å². The first-order valence-electron chi connectivity index (χ1n) is 9.07. The van der Waals surface area contributed by atoms with Crippen molar-refractivity contribution in [1.82, 2.24) is 4.98 Å². The van der Waals surface area contributed by atoms with Crippen molar-refractivity contribution in [2.75, 3.05) is 5.43 Å². The predicted molar refractivity (Wildman–Crippen MR) is 116 cm³/mol. The average Bonchev–Trinajstić information content (AvgIpc) is 3.23. The lowest BCUT2D eigenvalue weighted by atomic mass is 9.98. The topological polar surface area (TPSA) is 37.3 Å². The summed E-state index contributed by atoms with van der Waals surface area (Å²) in [5.74, 6) is 0. The molecule has 0 bridgehead atoms. The van der Waals surface area contributed by atoms with Crippen molar-refractivity contribution in [2.45, 2.75) is 6.18 Å². The van der Waals surface area contributed by atoms with Crippen molar-refractivity contribution < 1.29 is 13.2 Å². The number of nitrogens with zero attached hydrogens (tertiary/aromatic N) is 2. The summed E-state index contributed by atoms with van der Waals surface area (Å²) in [5.41, 5.74) is 5.55. The van der Waals surface area contributed by atoms with E-state index in [0.29, 0.717) is 10.7 Å². The molecule has 1 aromatic heterocycles. The molecule has 0 amide bonds. The van der Waals surface area contributed by atoms with E-state index in [4.69, 9.17) is 0 Å². The number of thiazole rings is 1. The van der Waals surface area contributed by atoms with Gasteiger partial charge in [0.1, 0.15) is 0 Å². The second-order valence-corrected chi connectivity index (χ2v) is 7.30. The molecular weight excluding hydrogens is 407 g/mol. The minimum atomic E-state index is -4.40. The molecule has 0 aliphatic heterocycles. The maximum Gasteiger partial charge on any atom is 0.417 e. The number of hydrogen-bond donors (Lipinski definition) is 1. The van der Waals surface area contributed by atoms with Crippen molar-refractivity contribution in [2.24, 2.45) is 5.10 Å². The first-order chi connectivity index (χ1) is 14.5. The molecule has 0 aliphatic carbocycles. The van der Waals surface area contributed by atoms with Crippen LogP contribution in [-0.4, -0.2) is 11.2 Å². The SMILES string of the molecule is FC(F)(F)c1ccccc1-c1ccc(C=NNc2nc(-c3ccccc3)cs2)cc1. The van der Waals surface area contributed by atoms with Gasteiger partial charge in [-0.15, -0.1) is 11.3 Å². The zero-order chi connectivity index (χ0) is 21.0. The second kappa shape index (κ2) is 8.51. The molecule has 0 saturated carbocycles. The van der Waals surface area contributed by atoms with Gasteiger partial charge in [0.05, 0.1) is 17.5 Å². The maximum atomic E-state index is 13.2. The molecule has 150 valence electrons. The predicted octanol–water partition coefficient (Wildman–Crippen LogP) is 6.94. The summed E-state index contributed by atoms with van der Waals surface area (Å²) in [6.45, 7) is 0. The number of hydrazone groups is 1. The van der Waals surface area contributed by atoms with Gasteiger partial charge in [0.2, 0.25) is 5.13 Å². The van der Waals surface area contributed by atoms with Gasteiger partial charge in [-0.25, -0.2) is 4.98 Å². The molecule has 1 heterocycles. The fourth-order valence-electron chi connectivity index (χ4n) is 2.96. The van der Waals surface area contributed by atoms with Crippen LogP contribution in [0, 0.1) is 0 Å². The molecule has 0 unspecified atom stereocenters. The van der Waals surface area contributed by atoms with Crippen molar-refractivity contribution >= 4 is 22.7 Å². The standard InChI is InChI=1S/C23H16F3N3S/c24-23(25,26)20-9-5-4-8-19(20)17-12-10-16(11-13-17)14-27-29-22-28-21(15-30-22)18-6-2-1-3-7-18/h1-15H,(H,28,29). The zero-order valence-corrected chi connectivity index (χ0v) is 16.4. The summed E-state index contributed by atoms with van der Waals surface area (Å²) in [4.78, 5) is 4.49. The summed E-state index contributed by atoms with van der Waals surface area (Å²) in [5, 5.41) is 6.77. The molecule has 0 radical (unpaired) electrons. The summed E-state index contributed by atoms with van der Waals surface area (Å²) >= 11 is 1.44. The summed E-state index contributed by atoms with van der Waals surface area (Å²) in [6, 6.07) is 22.2. The molecule has 1 N–H and O–H groups in total. The van der Waals surface area contributed by atoms with Crippen LogP contribution in [0.3, 0.4) is 0 Å². The lowest BCUT2D eigenvalue weighted by Gasteiger charge is -2.12. The Kier molecular flexibility index (Phi) is 5.63. The van der Waals surface area contributed by atoms with Crippen molar-refractivity contribution in [3.63, 3.8) is 0 Å². The third-order valence-corrected chi connectivity index (χ3v) is 5.15. The Bertz CT molecular complexity index is 1150. The molecule has 3 aromatic carbocycles. The molecule has 0 fully saturated rings. The molecule has 3 nitrogen and oxygen atoms in total. The normalized spacial score (nSPS) is 11.7. The fourth-order valence-corrected chi connectivity index (χ4v) is 3.63. The Morgan fingerprint density at radius 1 is 0.833 bits per heavy atom. The lowest BCUT2D eigenvalue weighted by Crippen LogP contribution is -2.06. The third-order valence-electron chi connectivity index (χ3n) is 4.40. The Balaban J connectivity index is 1.45. The van der Waals surface area contributed by atoms with Gasteiger partial charge in [-0.1, -0.05) is 72.8 Å². The lowest BCUT2D eigenvalue weighted by molar-refractivity contribution is -0.137. The molecular formula is C23H16F3N3S. The highest BCUT2D eigenvalue weighted by Gasteiger charge is 2.33. The van der Waals surface area contributed by atoms with Crippen molar-refractivity contribution in [3.05, 3.63) is 95.4 Å². The third kappa shape index (κ3) is 4.58. The molecule has 4 rings (SSSR count). The van der Waals surface area contributed by atoms with Crippen LogP contribution in [0.5, 0.6) is 0 Å². The summed E-state index contributed by atoms with van der Waals surface area (Å²) in [7, 11) is 0. The van der Waals surface area contributed by atoms with E-state index in [-0.39, 0.29) is 5.56 Å². The van der Waals surface area contributed by atoms with Crippen LogP contribution in [-0.2, 0) is 6.18 Å². The molecule has 0 saturated heterocycles. The van der Waals surface area contributed by atoms with Gasteiger partial charge in [-0.3, -0.25) is 5.43 Å². The number of rotatable bonds is 5. The Morgan fingerprint density at radius 3 is 2.27 bits per heavy atom. The molecule has 30 heavy (non-hydrogen) atoms. The van der Waals surface area contributed by atoms with E-state index in [1.54, 1.807) is 36.5 Å². The van der Waals surface area contributed by atoms with Gasteiger partial charge in [0.15, 0.2) is 0 Å². The highest BCUT2D eigenvalue weighted by Crippen LogP contribution is 2.36. The van der Waals surface area contributed by atoms with Gasteiger partial charge in [0, 0.05) is 10.9 Å². The van der Waals surface area contributed by atoms with Crippen LogP contribution in [0.15, 0.2) is 89.3 Å². The first-order valence-corrected chi connectivity index (χ1v) is 9.95. The Hall–Kier alpha value is -3.45. The quantitative estimate of drug-likeness (QED) is 0.279. The largest absolute Gasteiger partial charge is 0.417 e. The van der Waals surface area contributed by atoms with Gasteiger partial charge in [-0.05, 0) is 22.8 Å². The van der Waals surface area contributed by atoms with Gasteiger partial charge in [-0.2, -0.15) is 18.3 Å². The minimum Gasteiger partial charge on any atom is -0.253 e. The Labute approximate surface area is 175 Å². The summed E-state index contributed by atoms with van der Waals surface area (Å²) in [6.07, 6.45) is -2.80. The van der Waals surface area contributed by atoms with E-state index in [1.165, 1.54) is 23.5 Å². The molecule has 4 aromatic rings. The second-order valence-electron chi connectivity index (χ2n) is 6.44. The van der Waals surface area contributed by atoms with Gasteiger partial charge < -0.3 is 0 Å². The molecule has 0 spiro atoms. The van der Waals surface area contributed by atoms with Crippen LogP contribution >= 0.6 is 11.3 Å². The number of benzene rings is 3. The Morgan fingerprint density at radius 2 is 1.53 bits per heavy atom. The molecule has 0 aliphatic rings. The van der Waals surface area contributed by atoms with Crippen LogP contribution in [0.1, 0.15) is 11.1 Å². The number of hydrogen-bond acceptors (Lipinski definition) is 4. The van der Waals surface area contributed by atoms with Crippen molar-refractivity contribution in [3.8, 4) is 22.4 Å². The van der Waals surface area contributed by atoms with E-state index in [1.807, 2.05) is 35.7 Å². The molecule has 7 heteroatoms. The van der Waals surface area contributed by atoms with E-state index in [2.05, 4.69) is 15.5 Å². The monoisotopic (exact) mass is 423 g/mol. The summed E-state index contributed by atoms with van der Waals surface area (Å²) < 4.78 is 39.7. The average molecular weight is 423 g/mol. The number of alkyl halides is 3. The zero-order valence-electron chi connectivity index (χ0n) is 15.6. The van der Waals surface area contributed by atoms with Crippen LogP contribution < -0.4 is 5.43 Å². The first kappa shape index (κ1) is 19.8. The number of anilines is 1. The van der Waals surface area contributed by atoms with Gasteiger partial charge in [0.25, 0.3) is 0 Å². The number of aromatic nitrogens is 1. The number of halogens is 3. The van der Waals surface area contributed by atoms with Crippen molar-refractivity contribution in [1.29, 1.82) is 0 Å². The maximum absolute atomic E-state index is 13.2. The fraction of sp³-hybridized carbons (Fsp3) is 0.0435. The number of nitrogens with one attached hydrogen (secondary N) is 1. The molecule has 0 atom stereocenters. The highest BCUT2D eigenvalue weighted by atomic mass is 32.1. The van der Waals surface area contributed by atoms with Crippen LogP contribution in [0.2, 0.25) is 0 Å². The minimum absolute atomic E-state index is 0.155. The van der Waals surface area contributed by atoms with E-state index in [0.717, 1.165) is 22.9 Å². The van der Waals surface area contributed by atoms with E-state index >= 15 is 0 Å². The highest BCUT2D eigenvalue weighted by molar-refractivity contribution is 7.14.